The Balaban J connectivity index is 1.02. The van der Waals surface area contributed by atoms with E-state index >= 15 is 0 Å². The van der Waals surface area contributed by atoms with Gasteiger partial charge in [-0.05, 0) is 88.8 Å². The number of pyridine rings is 2. The van der Waals surface area contributed by atoms with Crippen molar-refractivity contribution < 1.29 is 51.4 Å². The lowest BCUT2D eigenvalue weighted by Crippen LogP contribution is -2.56. The number of aromatic nitrogens is 4. The number of carbonyl (C=O) groups is 5. The fourth-order valence-corrected chi connectivity index (χ4v) is 8.86. The molecule has 2 unspecified atom stereocenters. The van der Waals surface area contributed by atoms with Crippen LogP contribution in [0.1, 0.15) is 99.1 Å². The number of nitrogens with zero attached hydrogens (tertiary/aromatic N) is 5. The van der Waals surface area contributed by atoms with Crippen LogP contribution in [0.25, 0.3) is 28.4 Å². The third kappa shape index (κ3) is 13.6. The van der Waals surface area contributed by atoms with Crippen molar-refractivity contribution in [3.05, 3.63) is 86.2 Å². The number of hydrogen-bond acceptors (Lipinski definition) is 15. The smallest absolute Gasteiger partial charge is 0.343 e. The van der Waals surface area contributed by atoms with Crippen LogP contribution in [0, 0.1) is 30.5 Å². The van der Waals surface area contributed by atoms with Gasteiger partial charge in [0.2, 0.25) is 38.6 Å². The number of rotatable bonds is 22. The molecule has 2 aliphatic heterocycles. The normalized spacial score (nSPS) is 15.7. The maximum absolute atomic E-state index is 14.9. The molecule has 390 valence electrons. The maximum Gasteiger partial charge on any atom is 0.343 e. The first-order chi connectivity index (χ1) is 34.6. The number of ether oxygens (including phenoxy) is 2. The standard InChI is InChI=1S/C51H62FN9O11S/c1-8-51(68)37-22-41-45-35(27-61(41)48(66)36(37)28-72-49(51)67)33(34-21-31(4)38(52)23-40(34)57-45)16-14-20-71-29-56-43(63)26-53-46(64)39(17-12-13-19-60(5)6)58-47(65)44(30(2)3)59-42(62)18-11-9-10-15-32-24-54-50(55-25-32)73(7,69)70/h14,16,21-25,30,39,44,68H,8-9,11-13,17-20,26-29H2,1-7H3,(H,53,64)(H,56,63)(H,58,65)(H,59,62)/b16-14+/t39?,44?,51-/m0/s1. The molecule has 0 saturated carbocycles. The van der Waals surface area contributed by atoms with Crippen LogP contribution >= 0.6 is 0 Å². The van der Waals surface area contributed by atoms with Gasteiger partial charge in [0, 0.05) is 54.1 Å². The number of benzene rings is 1. The lowest BCUT2D eigenvalue weighted by Gasteiger charge is -2.31. The van der Waals surface area contributed by atoms with Crippen LogP contribution in [-0.4, -0.2) is 126 Å². The van der Waals surface area contributed by atoms with Gasteiger partial charge in [0.05, 0.1) is 47.7 Å². The number of esters is 1. The van der Waals surface area contributed by atoms with Gasteiger partial charge in [-0.15, -0.1) is 0 Å². The molecule has 0 saturated heterocycles. The van der Waals surface area contributed by atoms with E-state index in [1.54, 1.807) is 52.0 Å². The van der Waals surface area contributed by atoms with E-state index < -0.39 is 69.1 Å². The summed E-state index contributed by atoms with van der Waals surface area (Å²) in [4.78, 5) is 93.8. The molecule has 22 heteroatoms. The topological polar surface area (TPSA) is 270 Å². The second-order valence-electron chi connectivity index (χ2n) is 18.6. The summed E-state index contributed by atoms with van der Waals surface area (Å²) in [6.07, 6.45) is 9.42. The highest BCUT2D eigenvalue weighted by atomic mass is 32.2. The van der Waals surface area contributed by atoms with Gasteiger partial charge < -0.3 is 45.3 Å². The highest BCUT2D eigenvalue weighted by Crippen LogP contribution is 2.41. The zero-order valence-corrected chi connectivity index (χ0v) is 42.8. The number of aliphatic hydroxyl groups is 1. The average molecular weight is 1030 g/mol. The number of sulfone groups is 1. The van der Waals surface area contributed by atoms with Gasteiger partial charge >= 0.3 is 5.97 Å². The number of aryl methyl sites for hydroxylation is 1. The number of fused-ring (bicyclic) bond motifs is 5. The lowest BCUT2D eigenvalue weighted by molar-refractivity contribution is -0.172. The highest BCUT2D eigenvalue weighted by Gasteiger charge is 2.45. The van der Waals surface area contributed by atoms with E-state index in [-0.39, 0.29) is 73.9 Å². The molecule has 0 radical (unpaired) electrons. The molecular formula is C51H62FN9O11S. The van der Waals surface area contributed by atoms with Crippen molar-refractivity contribution >= 4 is 56.4 Å². The van der Waals surface area contributed by atoms with Gasteiger partial charge in [0.25, 0.3) is 5.56 Å². The van der Waals surface area contributed by atoms with Gasteiger partial charge in [0.1, 0.15) is 31.2 Å². The predicted molar refractivity (Wildman–Crippen MR) is 267 cm³/mol. The van der Waals surface area contributed by atoms with Crippen molar-refractivity contribution in [2.75, 3.05) is 46.8 Å². The van der Waals surface area contributed by atoms with Crippen LogP contribution < -0.4 is 26.8 Å². The molecule has 1 aromatic carbocycles. The van der Waals surface area contributed by atoms with Crippen molar-refractivity contribution in [1.29, 1.82) is 0 Å². The molecule has 0 fully saturated rings. The third-order valence-electron chi connectivity index (χ3n) is 12.5. The number of halogens is 1. The summed E-state index contributed by atoms with van der Waals surface area (Å²) >= 11 is 0. The number of nitrogens with one attached hydrogen (secondary N) is 4. The van der Waals surface area contributed by atoms with Crippen LogP contribution in [-0.2, 0) is 62.0 Å². The van der Waals surface area contributed by atoms with Crippen LogP contribution in [0.5, 0.6) is 0 Å². The van der Waals surface area contributed by atoms with Crippen molar-refractivity contribution in [3.8, 4) is 23.2 Å². The second kappa shape index (κ2) is 24.2. The molecule has 0 aliphatic carbocycles. The predicted octanol–water partition coefficient (Wildman–Crippen LogP) is 2.52. The zero-order valence-electron chi connectivity index (χ0n) is 42.0. The number of hydrogen-bond donors (Lipinski definition) is 5. The van der Waals surface area contributed by atoms with Crippen LogP contribution in [0.3, 0.4) is 0 Å². The molecule has 3 aromatic heterocycles. The summed E-state index contributed by atoms with van der Waals surface area (Å²) in [5.74, 6) is 1.99. The largest absolute Gasteiger partial charge is 0.458 e. The first-order valence-corrected chi connectivity index (χ1v) is 25.9. The Morgan fingerprint density at radius 1 is 1.03 bits per heavy atom. The molecule has 20 nitrogen and oxygen atoms in total. The SMILES string of the molecule is CC[C@@]1(O)C(=O)OCc2c1cc1n(c2=O)Cc2c-1nc1cc(F)c(C)cc1c2/C=C/COCNC(=O)CNC(=O)C(CCCCN(C)C)NC(=O)C(NC(=O)CCCC#Cc1cnc(S(C)(=O)=O)nc1)C(C)C. The molecule has 5 N–H and O–H groups in total. The lowest BCUT2D eigenvalue weighted by atomic mass is 9.86. The van der Waals surface area contributed by atoms with Crippen LogP contribution in [0.4, 0.5) is 4.39 Å². The minimum Gasteiger partial charge on any atom is -0.458 e. The van der Waals surface area contributed by atoms with Gasteiger partial charge in [-0.2, -0.15) is 0 Å². The van der Waals surface area contributed by atoms with Crippen molar-refractivity contribution in [2.45, 2.75) is 109 Å². The molecule has 5 heterocycles. The summed E-state index contributed by atoms with van der Waals surface area (Å²) in [6, 6.07) is 2.60. The average Bonchev–Trinajstić information content (AvgIpc) is 3.71. The van der Waals surface area contributed by atoms with E-state index in [2.05, 4.69) is 43.1 Å². The summed E-state index contributed by atoms with van der Waals surface area (Å²) in [5.41, 5.74) is 1.07. The summed E-state index contributed by atoms with van der Waals surface area (Å²) in [7, 11) is 0.308. The van der Waals surface area contributed by atoms with Crippen LogP contribution in [0.2, 0.25) is 0 Å². The minimum atomic E-state index is -3.54. The number of amides is 4. The van der Waals surface area contributed by atoms with E-state index in [0.29, 0.717) is 63.8 Å². The van der Waals surface area contributed by atoms with E-state index in [1.807, 2.05) is 19.0 Å². The Labute approximate surface area is 422 Å². The molecule has 4 amide bonds. The Bertz CT molecular complexity index is 3040. The highest BCUT2D eigenvalue weighted by molar-refractivity contribution is 7.90. The third-order valence-corrected chi connectivity index (χ3v) is 13.3. The first-order valence-electron chi connectivity index (χ1n) is 24.0. The monoisotopic (exact) mass is 1030 g/mol. The second-order valence-corrected chi connectivity index (χ2v) is 20.6. The molecule has 3 atom stereocenters. The zero-order chi connectivity index (χ0) is 53.2. The molecule has 6 rings (SSSR count). The van der Waals surface area contributed by atoms with Gasteiger partial charge in [-0.1, -0.05) is 44.8 Å². The number of cyclic esters (lactones) is 1. The van der Waals surface area contributed by atoms with E-state index in [9.17, 15) is 46.7 Å². The fourth-order valence-electron chi connectivity index (χ4n) is 8.37. The molecular weight excluding hydrogens is 966 g/mol. The number of unbranched alkanes of at least 4 members (excludes halogenated alkanes) is 2. The summed E-state index contributed by atoms with van der Waals surface area (Å²) in [6.45, 7) is 6.72. The molecule has 73 heavy (non-hydrogen) atoms. The first kappa shape index (κ1) is 55.4. The van der Waals surface area contributed by atoms with E-state index in [1.165, 1.54) is 23.0 Å². The van der Waals surface area contributed by atoms with Crippen LogP contribution in [0.15, 0.2) is 46.6 Å². The molecule has 0 bridgehead atoms. The van der Waals surface area contributed by atoms with Gasteiger partial charge in [-0.3, -0.25) is 24.0 Å². The fraction of sp³-hybridized carbons (Fsp3) is 0.471. The van der Waals surface area contributed by atoms with E-state index in [4.69, 9.17) is 14.5 Å². The Kier molecular flexibility index (Phi) is 18.4. The molecule has 4 aromatic rings. The summed E-state index contributed by atoms with van der Waals surface area (Å²) < 4.78 is 50.4. The van der Waals surface area contributed by atoms with Crippen molar-refractivity contribution in [2.24, 2.45) is 5.92 Å². The van der Waals surface area contributed by atoms with E-state index in [0.717, 1.165) is 19.2 Å². The Hall–Kier alpha value is -6.93. The molecule has 0 spiro atoms. The van der Waals surface area contributed by atoms with Crippen molar-refractivity contribution in [3.63, 3.8) is 0 Å². The van der Waals surface area contributed by atoms with Gasteiger partial charge in [-0.25, -0.2) is 32.6 Å². The Morgan fingerprint density at radius 2 is 1.77 bits per heavy atom. The Morgan fingerprint density at radius 3 is 2.45 bits per heavy atom. The summed E-state index contributed by atoms with van der Waals surface area (Å²) in [5, 5.41) is 22.3. The maximum atomic E-state index is 14.9. The molecule has 2 aliphatic rings. The van der Waals surface area contributed by atoms with Crippen molar-refractivity contribution in [1.82, 2.24) is 45.7 Å². The quantitative estimate of drug-likeness (QED) is 0.0219. The van der Waals surface area contributed by atoms with Gasteiger partial charge in [0.15, 0.2) is 5.60 Å². The minimum absolute atomic E-state index is 0.0134. The number of carbonyl (C=O) groups excluding carboxylic acids is 5.